The molecule has 1 saturated heterocycles. The summed E-state index contributed by atoms with van der Waals surface area (Å²) in [5.74, 6) is -0.431. The summed E-state index contributed by atoms with van der Waals surface area (Å²) < 4.78 is 5.16. The van der Waals surface area contributed by atoms with Crippen molar-refractivity contribution in [1.82, 2.24) is 0 Å². The summed E-state index contributed by atoms with van der Waals surface area (Å²) in [5, 5.41) is 0. The first-order chi connectivity index (χ1) is 4.71. The molecule has 0 radical (unpaired) electrons. The summed E-state index contributed by atoms with van der Waals surface area (Å²) in [6.45, 7) is 4.12. The number of rotatable bonds is 2. The topological polar surface area (TPSA) is 52.3 Å². The second-order valence-corrected chi connectivity index (χ2v) is 2.41. The van der Waals surface area contributed by atoms with Crippen LogP contribution in [-0.4, -0.2) is 18.1 Å². The number of carbonyl (C=O) groups is 1. The van der Waals surface area contributed by atoms with E-state index in [2.05, 4.69) is 6.58 Å². The average molecular weight is 141 g/mol. The molecular formula is C7H11NO2. The highest BCUT2D eigenvalue weighted by Crippen LogP contribution is 2.25. The Balaban J connectivity index is 2.76. The van der Waals surface area contributed by atoms with Gasteiger partial charge in [0, 0.05) is 6.61 Å². The first-order valence-electron chi connectivity index (χ1n) is 3.29. The minimum Gasteiger partial charge on any atom is -0.367 e. The summed E-state index contributed by atoms with van der Waals surface area (Å²) in [6, 6.07) is 0. The van der Waals surface area contributed by atoms with Crippen molar-refractivity contribution in [3.63, 3.8) is 0 Å². The fraction of sp³-hybridized carbons (Fsp3) is 0.571. The van der Waals surface area contributed by atoms with Crippen LogP contribution in [-0.2, 0) is 9.53 Å². The molecule has 0 aromatic rings. The largest absolute Gasteiger partial charge is 0.367 e. The molecule has 0 aromatic heterocycles. The average Bonchev–Trinajstić information content (AvgIpc) is 2.35. The molecule has 1 heterocycles. The second kappa shape index (κ2) is 2.42. The Morgan fingerprint density at radius 3 is 2.70 bits per heavy atom. The number of hydrogen-bond donors (Lipinski definition) is 1. The zero-order valence-corrected chi connectivity index (χ0v) is 5.80. The van der Waals surface area contributed by atoms with Gasteiger partial charge in [0.1, 0.15) is 0 Å². The van der Waals surface area contributed by atoms with E-state index in [-0.39, 0.29) is 0 Å². The molecule has 1 aliphatic rings. The SMILES string of the molecule is C=CC1(C(N)=O)CCCO1. The van der Waals surface area contributed by atoms with Crippen LogP contribution in [0.3, 0.4) is 0 Å². The summed E-state index contributed by atoms with van der Waals surface area (Å²) in [5.41, 5.74) is 4.25. The maximum atomic E-state index is 10.8. The maximum absolute atomic E-state index is 10.8. The van der Waals surface area contributed by atoms with Crippen molar-refractivity contribution >= 4 is 5.91 Å². The first-order valence-corrected chi connectivity index (χ1v) is 3.29. The van der Waals surface area contributed by atoms with Gasteiger partial charge in [-0.3, -0.25) is 4.79 Å². The van der Waals surface area contributed by atoms with Crippen LogP contribution in [0.25, 0.3) is 0 Å². The zero-order valence-electron chi connectivity index (χ0n) is 5.80. The van der Waals surface area contributed by atoms with Gasteiger partial charge >= 0.3 is 0 Å². The van der Waals surface area contributed by atoms with Crippen LogP contribution in [0.5, 0.6) is 0 Å². The molecule has 10 heavy (non-hydrogen) atoms. The molecule has 1 fully saturated rings. The highest BCUT2D eigenvalue weighted by Gasteiger charge is 2.37. The van der Waals surface area contributed by atoms with E-state index in [1.54, 1.807) is 0 Å². The zero-order chi connectivity index (χ0) is 7.61. The number of carbonyl (C=O) groups excluding carboxylic acids is 1. The van der Waals surface area contributed by atoms with Crippen molar-refractivity contribution in [3.05, 3.63) is 12.7 Å². The minimum atomic E-state index is -0.861. The quantitative estimate of drug-likeness (QED) is 0.559. The number of amides is 1. The molecule has 1 atom stereocenters. The Hall–Kier alpha value is -0.830. The molecule has 1 unspecified atom stereocenters. The molecule has 0 aromatic carbocycles. The Labute approximate surface area is 59.8 Å². The summed E-state index contributed by atoms with van der Waals surface area (Å²) in [6.07, 6.45) is 3.04. The van der Waals surface area contributed by atoms with Gasteiger partial charge in [-0.1, -0.05) is 12.7 Å². The molecule has 1 rings (SSSR count). The maximum Gasteiger partial charge on any atom is 0.253 e. The molecule has 56 valence electrons. The third kappa shape index (κ3) is 0.926. The van der Waals surface area contributed by atoms with Crippen LogP contribution >= 0.6 is 0 Å². The van der Waals surface area contributed by atoms with Gasteiger partial charge in [0.05, 0.1) is 0 Å². The monoisotopic (exact) mass is 141 g/mol. The van der Waals surface area contributed by atoms with Gasteiger partial charge in [-0.05, 0) is 12.8 Å². The molecule has 3 nitrogen and oxygen atoms in total. The Bertz CT molecular complexity index is 159. The molecule has 2 N–H and O–H groups in total. The van der Waals surface area contributed by atoms with E-state index in [1.807, 2.05) is 0 Å². The fourth-order valence-electron chi connectivity index (χ4n) is 1.12. The Morgan fingerprint density at radius 1 is 1.80 bits per heavy atom. The number of ether oxygens (including phenoxy) is 1. The lowest BCUT2D eigenvalue weighted by atomic mass is 10.0. The lowest BCUT2D eigenvalue weighted by molar-refractivity contribution is -0.132. The standard InChI is InChI=1S/C7H11NO2/c1-2-7(6(8)9)4-3-5-10-7/h2H,1,3-5H2,(H2,8,9). The van der Waals surface area contributed by atoms with Crippen LogP contribution < -0.4 is 5.73 Å². The van der Waals surface area contributed by atoms with Gasteiger partial charge in [-0.2, -0.15) is 0 Å². The molecule has 1 aliphatic heterocycles. The van der Waals surface area contributed by atoms with E-state index in [1.165, 1.54) is 6.08 Å². The van der Waals surface area contributed by atoms with Crippen molar-refractivity contribution in [1.29, 1.82) is 0 Å². The van der Waals surface area contributed by atoms with Crippen molar-refractivity contribution in [3.8, 4) is 0 Å². The van der Waals surface area contributed by atoms with Gasteiger partial charge in [-0.25, -0.2) is 0 Å². The van der Waals surface area contributed by atoms with E-state index >= 15 is 0 Å². The van der Waals surface area contributed by atoms with Gasteiger partial charge in [-0.15, -0.1) is 0 Å². The van der Waals surface area contributed by atoms with Crippen LogP contribution in [0.15, 0.2) is 12.7 Å². The normalized spacial score (nSPS) is 32.0. The van der Waals surface area contributed by atoms with Crippen LogP contribution in [0.2, 0.25) is 0 Å². The van der Waals surface area contributed by atoms with Gasteiger partial charge in [0.15, 0.2) is 5.60 Å². The summed E-state index contributed by atoms with van der Waals surface area (Å²) in [7, 11) is 0. The fourth-order valence-corrected chi connectivity index (χ4v) is 1.12. The van der Waals surface area contributed by atoms with Gasteiger partial charge in [0.2, 0.25) is 0 Å². The van der Waals surface area contributed by atoms with E-state index in [0.717, 1.165) is 6.42 Å². The third-order valence-corrected chi connectivity index (χ3v) is 1.80. The molecule has 0 bridgehead atoms. The van der Waals surface area contributed by atoms with Crippen molar-refractivity contribution in [2.45, 2.75) is 18.4 Å². The number of hydrogen-bond acceptors (Lipinski definition) is 2. The molecular weight excluding hydrogens is 130 g/mol. The number of nitrogens with two attached hydrogens (primary N) is 1. The van der Waals surface area contributed by atoms with E-state index in [4.69, 9.17) is 10.5 Å². The Morgan fingerprint density at radius 2 is 2.50 bits per heavy atom. The highest BCUT2D eigenvalue weighted by atomic mass is 16.5. The molecule has 3 heteroatoms. The molecule has 1 amide bonds. The highest BCUT2D eigenvalue weighted by molar-refractivity contribution is 5.85. The smallest absolute Gasteiger partial charge is 0.253 e. The molecule has 0 saturated carbocycles. The van der Waals surface area contributed by atoms with Crippen molar-refractivity contribution < 1.29 is 9.53 Å². The number of primary amides is 1. The third-order valence-electron chi connectivity index (χ3n) is 1.80. The summed E-state index contributed by atoms with van der Waals surface area (Å²) in [4.78, 5) is 10.8. The van der Waals surface area contributed by atoms with Crippen molar-refractivity contribution in [2.75, 3.05) is 6.61 Å². The van der Waals surface area contributed by atoms with Crippen molar-refractivity contribution in [2.24, 2.45) is 5.73 Å². The second-order valence-electron chi connectivity index (χ2n) is 2.41. The Kier molecular flexibility index (Phi) is 1.76. The minimum absolute atomic E-state index is 0.431. The van der Waals surface area contributed by atoms with Gasteiger partial charge < -0.3 is 10.5 Å². The van der Waals surface area contributed by atoms with Crippen LogP contribution in [0.1, 0.15) is 12.8 Å². The van der Waals surface area contributed by atoms with E-state index in [0.29, 0.717) is 13.0 Å². The predicted molar refractivity (Wildman–Crippen MR) is 37.3 cm³/mol. The predicted octanol–water partition coefficient (Wildman–Crippen LogP) is 0.207. The van der Waals surface area contributed by atoms with Crippen LogP contribution in [0, 0.1) is 0 Å². The lowest BCUT2D eigenvalue weighted by Crippen LogP contribution is -2.41. The van der Waals surface area contributed by atoms with Crippen LogP contribution in [0.4, 0.5) is 0 Å². The first kappa shape index (κ1) is 7.28. The molecule has 0 spiro atoms. The van der Waals surface area contributed by atoms with E-state index in [9.17, 15) is 4.79 Å². The van der Waals surface area contributed by atoms with E-state index < -0.39 is 11.5 Å². The lowest BCUT2D eigenvalue weighted by Gasteiger charge is -2.18. The molecule has 0 aliphatic carbocycles. The summed E-state index contributed by atoms with van der Waals surface area (Å²) >= 11 is 0. The van der Waals surface area contributed by atoms with Gasteiger partial charge in [0.25, 0.3) is 5.91 Å².